The van der Waals surface area contributed by atoms with Crippen molar-refractivity contribution in [2.45, 2.75) is 24.9 Å². The Labute approximate surface area is 99.5 Å². The van der Waals surface area contributed by atoms with Crippen LogP contribution in [0.15, 0.2) is 12.3 Å². The SMILES string of the molecule is O=[N+]([O-])c1ccnc(Cl)c1OC1CC(F)(F)C1. The number of ether oxygens (including phenoxy) is 1. The molecule has 17 heavy (non-hydrogen) atoms. The fraction of sp³-hybridized carbons (Fsp3) is 0.444. The number of alkyl halides is 2. The second kappa shape index (κ2) is 4.06. The molecule has 1 saturated carbocycles. The number of aromatic nitrogens is 1. The smallest absolute Gasteiger partial charge is 0.315 e. The molecule has 0 N–H and O–H groups in total. The van der Waals surface area contributed by atoms with E-state index in [1.807, 2.05) is 0 Å². The fourth-order valence-corrected chi connectivity index (χ4v) is 1.72. The molecule has 5 nitrogen and oxygen atoms in total. The highest BCUT2D eigenvalue weighted by atomic mass is 35.5. The second-order valence-electron chi connectivity index (χ2n) is 3.71. The first-order valence-corrected chi connectivity index (χ1v) is 5.10. The van der Waals surface area contributed by atoms with Crippen LogP contribution < -0.4 is 4.74 Å². The predicted molar refractivity (Wildman–Crippen MR) is 54.5 cm³/mol. The molecule has 1 heterocycles. The molecule has 0 radical (unpaired) electrons. The van der Waals surface area contributed by atoms with Crippen molar-refractivity contribution in [1.82, 2.24) is 4.98 Å². The highest BCUT2D eigenvalue weighted by molar-refractivity contribution is 6.31. The van der Waals surface area contributed by atoms with Crippen LogP contribution >= 0.6 is 11.6 Å². The van der Waals surface area contributed by atoms with Gasteiger partial charge in [-0.2, -0.15) is 0 Å². The largest absolute Gasteiger partial charge is 0.481 e. The third-order valence-corrected chi connectivity index (χ3v) is 2.64. The summed E-state index contributed by atoms with van der Waals surface area (Å²) in [6.45, 7) is 0. The Bertz CT molecular complexity index is 462. The molecule has 0 aliphatic heterocycles. The first-order valence-electron chi connectivity index (χ1n) is 4.72. The summed E-state index contributed by atoms with van der Waals surface area (Å²) in [4.78, 5) is 13.6. The maximum atomic E-state index is 12.6. The summed E-state index contributed by atoms with van der Waals surface area (Å²) in [5.74, 6) is -3.01. The van der Waals surface area contributed by atoms with E-state index in [1.165, 1.54) is 0 Å². The van der Waals surface area contributed by atoms with Crippen LogP contribution in [0.2, 0.25) is 5.15 Å². The molecule has 0 amide bonds. The lowest BCUT2D eigenvalue weighted by Gasteiger charge is -2.34. The predicted octanol–water partition coefficient (Wildman–Crippen LogP) is 2.82. The summed E-state index contributed by atoms with van der Waals surface area (Å²) in [5, 5.41) is 10.5. The number of rotatable bonds is 3. The minimum atomic E-state index is -2.76. The van der Waals surface area contributed by atoms with Crippen LogP contribution in [-0.2, 0) is 0 Å². The van der Waals surface area contributed by atoms with E-state index in [9.17, 15) is 18.9 Å². The maximum absolute atomic E-state index is 12.6. The summed E-state index contributed by atoms with van der Waals surface area (Å²) in [6.07, 6.45) is -0.529. The van der Waals surface area contributed by atoms with Gasteiger partial charge in [0.2, 0.25) is 5.75 Å². The van der Waals surface area contributed by atoms with Crippen molar-refractivity contribution in [3.8, 4) is 5.75 Å². The van der Waals surface area contributed by atoms with Crippen molar-refractivity contribution in [3.63, 3.8) is 0 Å². The number of hydrogen-bond donors (Lipinski definition) is 0. The number of nitrogens with zero attached hydrogens (tertiary/aromatic N) is 2. The third kappa shape index (κ3) is 2.44. The van der Waals surface area contributed by atoms with Gasteiger partial charge in [0.15, 0.2) is 5.15 Å². The molecule has 1 aromatic heterocycles. The van der Waals surface area contributed by atoms with Gasteiger partial charge in [-0.3, -0.25) is 10.1 Å². The van der Waals surface area contributed by atoms with E-state index >= 15 is 0 Å². The van der Waals surface area contributed by atoms with E-state index in [1.54, 1.807) is 0 Å². The summed E-state index contributed by atoms with van der Waals surface area (Å²) in [7, 11) is 0. The second-order valence-corrected chi connectivity index (χ2v) is 4.07. The molecule has 1 fully saturated rings. The van der Waals surface area contributed by atoms with E-state index in [2.05, 4.69) is 4.98 Å². The molecule has 0 atom stereocenters. The lowest BCUT2D eigenvalue weighted by molar-refractivity contribution is -0.386. The normalized spacial score (nSPS) is 18.5. The van der Waals surface area contributed by atoms with E-state index < -0.39 is 29.8 Å². The Hall–Kier alpha value is -1.50. The zero-order valence-electron chi connectivity index (χ0n) is 8.40. The van der Waals surface area contributed by atoms with E-state index in [0.29, 0.717) is 0 Å². The van der Waals surface area contributed by atoms with Gasteiger partial charge >= 0.3 is 5.69 Å². The van der Waals surface area contributed by atoms with Crippen LogP contribution in [0, 0.1) is 10.1 Å². The van der Waals surface area contributed by atoms with E-state index in [4.69, 9.17) is 16.3 Å². The molecule has 0 saturated heterocycles. The molecular formula is C9H7ClF2N2O3. The van der Waals surface area contributed by atoms with Gasteiger partial charge in [-0.05, 0) is 0 Å². The lowest BCUT2D eigenvalue weighted by Crippen LogP contribution is -2.43. The van der Waals surface area contributed by atoms with Gasteiger partial charge in [0.05, 0.1) is 4.92 Å². The van der Waals surface area contributed by atoms with Crippen LogP contribution in [0.5, 0.6) is 5.75 Å². The Kier molecular flexibility index (Phi) is 2.86. The average Bonchev–Trinajstić information content (AvgIpc) is 2.17. The quantitative estimate of drug-likeness (QED) is 0.478. The zero-order chi connectivity index (χ0) is 12.6. The molecule has 1 aliphatic carbocycles. The first-order chi connectivity index (χ1) is 7.89. The van der Waals surface area contributed by atoms with Gasteiger partial charge in [-0.1, -0.05) is 11.6 Å². The number of pyridine rings is 1. The zero-order valence-corrected chi connectivity index (χ0v) is 9.16. The van der Waals surface area contributed by atoms with Crippen molar-refractivity contribution in [3.05, 3.63) is 27.5 Å². The van der Waals surface area contributed by atoms with Crippen LogP contribution in [0.25, 0.3) is 0 Å². The molecule has 92 valence electrons. The number of nitro groups is 1. The molecule has 8 heteroatoms. The van der Waals surface area contributed by atoms with E-state index in [0.717, 1.165) is 12.3 Å². The van der Waals surface area contributed by atoms with Gasteiger partial charge in [-0.15, -0.1) is 0 Å². The van der Waals surface area contributed by atoms with Gasteiger partial charge in [0.1, 0.15) is 6.10 Å². The van der Waals surface area contributed by atoms with Crippen molar-refractivity contribution >= 4 is 17.3 Å². The summed E-state index contributed by atoms with van der Waals surface area (Å²) >= 11 is 5.64. The van der Waals surface area contributed by atoms with Crippen LogP contribution in [0.3, 0.4) is 0 Å². The average molecular weight is 265 g/mol. The van der Waals surface area contributed by atoms with Crippen LogP contribution in [0.1, 0.15) is 12.8 Å². The van der Waals surface area contributed by atoms with Crippen LogP contribution in [-0.4, -0.2) is 21.9 Å². The number of hydrogen-bond acceptors (Lipinski definition) is 4. The van der Waals surface area contributed by atoms with Gasteiger partial charge in [0, 0.05) is 25.1 Å². The van der Waals surface area contributed by atoms with Crippen molar-refractivity contribution in [2.75, 3.05) is 0 Å². The molecule has 0 spiro atoms. The molecule has 0 unspecified atom stereocenters. The Morgan fingerprint density at radius 3 is 2.76 bits per heavy atom. The molecule has 2 rings (SSSR count). The number of halogens is 3. The minimum absolute atomic E-state index is 0.200. The van der Waals surface area contributed by atoms with Crippen molar-refractivity contribution < 1.29 is 18.4 Å². The Morgan fingerprint density at radius 1 is 1.59 bits per heavy atom. The monoisotopic (exact) mass is 264 g/mol. The first kappa shape index (κ1) is 12.0. The maximum Gasteiger partial charge on any atom is 0.315 e. The fourth-order valence-electron chi connectivity index (χ4n) is 1.52. The molecule has 1 aliphatic rings. The molecule has 1 aromatic rings. The minimum Gasteiger partial charge on any atom is -0.481 e. The highest BCUT2D eigenvalue weighted by Crippen LogP contribution is 2.42. The molecule has 0 bridgehead atoms. The standard InChI is InChI=1S/C9H7ClF2N2O3/c10-8-7(6(14(15)16)1-2-13-8)17-5-3-9(11,12)4-5/h1-2,5H,3-4H2. The van der Waals surface area contributed by atoms with Crippen molar-refractivity contribution in [1.29, 1.82) is 0 Å². The van der Waals surface area contributed by atoms with Crippen molar-refractivity contribution in [2.24, 2.45) is 0 Å². The van der Waals surface area contributed by atoms with Gasteiger partial charge in [-0.25, -0.2) is 13.8 Å². The van der Waals surface area contributed by atoms with E-state index in [-0.39, 0.29) is 16.6 Å². The summed E-state index contributed by atoms with van der Waals surface area (Å²) in [6, 6.07) is 1.11. The lowest BCUT2D eigenvalue weighted by atomic mass is 9.91. The highest BCUT2D eigenvalue weighted by Gasteiger charge is 2.47. The topological polar surface area (TPSA) is 65.3 Å². The van der Waals surface area contributed by atoms with Crippen LogP contribution in [0.4, 0.5) is 14.5 Å². The molecule has 0 aromatic carbocycles. The summed E-state index contributed by atoms with van der Waals surface area (Å²) < 4.78 is 30.3. The third-order valence-electron chi connectivity index (χ3n) is 2.37. The molecular weight excluding hydrogens is 258 g/mol. The van der Waals surface area contributed by atoms with Gasteiger partial charge < -0.3 is 4.74 Å². The summed E-state index contributed by atoms with van der Waals surface area (Å²) in [5.41, 5.74) is -0.375. The Morgan fingerprint density at radius 2 is 2.24 bits per heavy atom. The van der Waals surface area contributed by atoms with Gasteiger partial charge in [0.25, 0.3) is 5.92 Å². The Balaban J connectivity index is 2.18.